The number of hydrogen-bond acceptors (Lipinski definition) is 4. The van der Waals surface area contributed by atoms with Gasteiger partial charge in [-0.2, -0.15) is 0 Å². The quantitative estimate of drug-likeness (QED) is 0.276. The summed E-state index contributed by atoms with van der Waals surface area (Å²) in [6, 6.07) is 26.0. The van der Waals surface area contributed by atoms with Gasteiger partial charge in [0.15, 0.2) is 17.3 Å². The lowest BCUT2D eigenvalue weighted by atomic mass is 10.1. The van der Waals surface area contributed by atoms with Gasteiger partial charge in [-0.15, -0.1) is 0 Å². The van der Waals surface area contributed by atoms with Crippen LogP contribution in [0, 0.1) is 0 Å². The summed E-state index contributed by atoms with van der Waals surface area (Å²) in [5.74, 6) is 1.57. The van der Waals surface area contributed by atoms with E-state index in [1.807, 2.05) is 71.6 Å². The number of imidazole rings is 1. The van der Waals surface area contributed by atoms with E-state index in [2.05, 4.69) is 33.1 Å². The Bertz CT molecular complexity index is 1340. The molecule has 0 saturated carbocycles. The van der Waals surface area contributed by atoms with E-state index in [0.717, 1.165) is 28.5 Å². The predicted octanol–water partition coefficient (Wildman–Crippen LogP) is 6.34. The zero-order valence-corrected chi connectivity index (χ0v) is 19.3. The average Bonchev–Trinajstić information content (AvgIpc) is 3.30. The Hall–Kier alpha value is -3.41. The maximum Gasteiger partial charge on any atom is 0.165 e. The SMILES string of the molecule is Clc1cccc(CN(Cc2ccccc2)c2ncn(Cc3cccc(Cl)c3)c3ncnc2-3)c1. The lowest BCUT2D eigenvalue weighted by molar-refractivity contribution is 0.732. The molecule has 0 radical (unpaired) electrons. The molecule has 33 heavy (non-hydrogen) atoms. The molecule has 0 aromatic heterocycles. The number of hydrogen-bond donors (Lipinski definition) is 0. The molecule has 0 saturated heterocycles. The topological polar surface area (TPSA) is 46.8 Å². The Labute approximate surface area is 202 Å². The summed E-state index contributed by atoms with van der Waals surface area (Å²) in [6.07, 6.45) is 3.41. The van der Waals surface area contributed by atoms with Crippen molar-refractivity contribution in [2.75, 3.05) is 4.90 Å². The van der Waals surface area contributed by atoms with Gasteiger partial charge in [0.1, 0.15) is 6.33 Å². The molecule has 0 spiro atoms. The van der Waals surface area contributed by atoms with Gasteiger partial charge in [0.05, 0.1) is 12.9 Å². The molecule has 3 aromatic carbocycles. The van der Waals surface area contributed by atoms with Crippen LogP contribution in [0.2, 0.25) is 10.0 Å². The highest BCUT2D eigenvalue weighted by Crippen LogP contribution is 2.30. The molecule has 2 heterocycles. The Kier molecular flexibility index (Phi) is 6.24. The van der Waals surface area contributed by atoms with Crippen molar-refractivity contribution in [3.8, 4) is 11.5 Å². The van der Waals surface area contributed by atoms with E-state index in [9.17, 15) is 0 Å². The zero-order valence-electron chi connectivity index (χ0n) is 17.8. The van der Waals surface area contributed by atoms with Crippen LogP contribution in [-0.2, 0) is 19.6 Å². The summed E-state index contributed by atoms with van der Waals surface area (Å²) in [5, 5.41) is 1.42. The van der Waals surface area contributed by atoms with E-state index in [4.69, 9.17) is 28.2 Å². The van der Waals surface area contributed by atoms with Crippen molar-refractivity contribution >= 4 is 29.0 Å². The Balaban J connectivity index is 1.52. The van der Waals surface area contributed by atoms with E-state index in [1.54, 1.807) is 6.33 Å². The number of rotatable bonds is 7. The second-order valence-electron chi connectivity index (χ2n) is 7.84. The van der Waals surface area contributed by atoms with Crippen LogP contribution in [0.15, 0.2) is 91.5 Å². The summed E-state index contributed by atoms with van der Waals surface area (Å²) >= 11 is 12.4. The number of benzene rings is 3. The van der Waals surface area contributed by atoms with Crippen LogP contribution >= 0.6 is 23.2 Å². The first kappa shape index (κ1) is 21.4. The van der Waals surface area contributed by atoms with Crippen molar-refractivity contribution in [3.05, 3.63) is 118 Å². The number of halogens is 2. The van der Waals surface area contributed by atoms with E-state index >= 15 is 0 Å². The molecule has 5 nitrogen and oxygen atoms in total. The van der Waals surface area contributed by atoms with Gasteiger partial charge in [0.2, 0.25) is 0 Å². The van der Waals surface area contributed by atoms with Crippen LogP contribution < -0.4 is 4.90 Å². The summed E-state index contributed by atoms with van der Waals surface area (Å²) in [6.45, 7) is 1.93. The maximum atomic E-state index is 6.25. The number of anilines is 1. The van der Waals surface area contributed by atoms with Gasteiger partial charge in [-0.25, -0.2) is 15.0 Å². The van der Waals surface area contributed by atoms with Gasteiger partial charge in [0, 0.05) is 23.1 Å². The van der Waals surface area contributed by atoms with E-state index in [1.165, 1.54) is 5.56 Å². The first-order valence-corrected chi connectivity index (χ1v) is 11.3. The first-order valence-electron chi connectivity index (χ1n) is 10.6. The molecule has 0 bridgehead atoms. The summed E-state index contributed by atoms with van der Waals surface area (Å²) in [5.41, 5.74) is 4.12. The van der Waals surface area contributed by atoms with Crippen LogP contribution in [0.25, 0.3) is 11.5 Å². The van der Waals surface area contributed by atoms with Gasteiger partial charge in [-0.1, -0.05) is 77.8 Å². The fourth-order valence-corrected chi connectivity index (χ4v) is 4.34. The lowest BCUT2D eigenvalue weighted by Crippen LogP contribution is -2.25. The fourth-order valence-electron chi connectivity index (χ4n) is 3.91. The molecule has 0 N–H and O–H groups in total. The van der Waals surface area contributed by atoms with E-state index < -0.39 is 0 Å². The fraction of sp³-hybridized carbons (Fsp3) is 0.115. The molecule has 2 aliphatic rings. The molecule has 0 aliphatic carbocycles. The lowest BCUT2D eigenvalue weighted by Gasteiger charge is -2.26. The molecule has 0 atom stereocenters. The number of nitrogens with zero attached hydrogens (tertiary/aromatic N) is 5. The molecule has 0 fully saturated rings. The van der Waals surface area contributed by atoms with Crippen LogP contribution in [0.4, 0.5) is 5.82 Å². The van der Waals surface area contributed by atoms with Crippen molar-refractivity contribution in [1.82, 2.24) is 19.5 Å². The van der Waals surface area contributed by atoms with Gasteiger partial charge in [-0.05, 0) is 41.0 Å². The normalized spacial score (nSPS) is 11.1. The predicted molar refractivity (Wildman–Crippen MR) is 133 cm³/mol. The summed E-state index contributed by atoms with van der Waals surface area (Å²) < 4.78 is 2.00. The van der Waals surface area contributed by atoms with Gasteiger partial charge in [0.25, 0.3) is 0 Å². The number of aromatic nitrogens is 4. The third-order valence-corrected chi connectivity index (χ3v) is 5.87. The smallest absolute Gasteiger partial charge is 0.165 e. The Morgan fingerprint density at radius 1 is 0.697 bits per heavy atom. The van der Waals surface area contributed by atoms with Crippen LogP contribution in [-0.4, -0.2) is 19.5 Å². The van der Waals surface area contributed by atoms with Crippen molar-refractivity contribution in [1.29, 1.82) is 0 Å². The highest BCUT2D eigenvalue weighted by Gasteiger charge is 2.22. The van der Waals surface area contributed by atoms with Gasteiger partial charge < -0.3 is 9.47 Å². The third kappa shape index (κ3) is 5.00. The molecule has 164 valence electrons. The van der Waals surface area contributed by atoms with Crippen molar-refractivity contribution in [2.45, 2.75) is 19.6 Å². The van der Waals surface area contributed by atoms with E-state index in [0.29, 0.717) is 29.7 Å². The Morgan fingerprint density at radius 3 is 2.12 bits per heavy atom. The van der Waals surface area contributed by atoms with Gasteiger partial charge >= 0.3 is 0 Å². The van der Waals surface area contributed by atoms with Crippen molar-refractivity contribution < 1.29 is 0 Å². The highest BCUT2D eigenvalue weighted by atomic mass is 35.5. The minimum Gasteiger partial charge on any atom is -0.346 e. The molecule has 0 amide bonds. The zero-order chi connectivity index (χ0) is 22.6. The van der Waals surface area contributed by atoms with Gasteiger partial charge in [-0.3, -0.25) is 0 Å². The minimum absolute atomic E-state index is 0.607. The van der Waals surface area contributed by atoms with Crippen molar-refractivity contribution in [3.63, 3.8) is 0 Å². The standard InChI is InChI=1S/C26H21Cl2N5/c27-22-10-4-8-20(12-22)15-32(14-19-6-2-1-3-7-19)26-24-25(30-17-29-24)33(18-31-26)16-21-9-5-11-23(28)13-21/h1-13,17-18H,14-16H2. The minimum atomic E-state index is 0.607. The second-order valence-corrected chi connectivity index (χ2v) is 8.72. The molecule has 0 unspecified atom stereocenters. The third-order valence-electron chi connectivity index (χ3n) is 5.40. The molecular weight excluding hydrogens is 453 g/mol. The monoisotopic (exact) mass is 473 g/mol. The first-order chi connectivity index (χ1) is 16.2. The summed E-state index contributed by atoms with van der Waals surface area (Å²) in [4.78, 5) is 16.2. The van der Waals surface area contributed by atoms with Crippen LogP contribution in [0.5, 0.6) is 0 Å². The molecule has 7 heteroatoms. The van der Waals surface area contributed by atoms with E-state index in [-0.39, 0.29) is 0 Å². The summed E-state index contributed by atoms with van der Waals surface area (Å²) in [7, 11) is 0. The second kappa shape index (κ2) is 9.61. The molecule has 5 rings (SSSR count). The van der Waals surface area contributed by atoms with Crippen molar-refractivity contribution in [2.24, 2.45) is 0 Å². The van der Waals surface area contributed by atoms with Crippen LogP contribution in [0.1, 0.15) is 16.7 Å². The highest BCUT2D eigenvalue weighted by molar-refractivity contribution is 6.30. The van der Waals surface area contributed by atoms with Crippen LogP contribution in [0.3, 0.4) is 0 Å². The Morgan fingerprint density at radius 2 is 1.36 bits per heavy atom. The molecular formula is C26H21Cl2N5. The molecule has 2 aliphatic heterocycles. The maximum absolute atomic E-state index is 6.25. The average molecular weight is 474 g/mol. The molecule has 3 aromatic rings. The number of fused-ring (bicyclic) bond motifs is 1. The largest absolute Gasteiger partial charge is 0.346 e.